The number of hydrogen-bond acceptors (Lipinski definition) is 6. The first-order valence-electron chi connectivity index (χ1n) is 8.99. The second-order valence-electron chi connectivity index (χ2n) is 6.37. The number of carbonyl (C=O) groups excluding carboxylic acids is 1. The van der Waals surface area contributed by atoms with Gasteiger partial charge < -0.3 is 15.8 Å². The minimum absolute atomic E-state index is 0.151. The summed E-state index contributed by atoms with van der Waals surface area (Å²) in [6, 6.07) is 7.44. The Morgan fingerprint density at radius 2 is 2.04 bits per heavy atom. The van der Waals surface area contributed by atoms with Crippen molar-refractivity contribution in [2.45, 2.75) is 40.0 Å². The van der Waals surface area contributed by atoms with E-state index in [0.717, 1.165) is 29.8 Å². The van der Waals surface area contributed by atoms with Crippen LogP contribution in [0.4, 0.5) is 11.6 Å². The van der Waals surface area contributed by atoms with E-state index in [0.29, 0.717) is 23.8 Å². The van der Waals surface area contributed by atoms with Crippen LogP contribution < -0.4 is 15.8 Å². The molecule has 0 saturated carbocycles. The van der Waals surface area contributed by atoms with Gasteiger partial charge in [-0.05, 0) is 32.4 Å². The molecule has 3 N–H and O–H groups in total. The van der Waals surface area contributed by atoms with Crippen LogP contribution in [-0.4, -0.2) is 32.1 Å². The zero-order valence-corrected chi connectivity index (χ0v) is 15.8. The summed E-state index contributed by atoms with van der Waals surface area (Å²) in [6.45, 7) is 6.45. The number of aryl methyl sites for hydroxylation is 2. The monoisotopic (exact) mass is 368 g/mol. The second kappa shape index (κ2) is 8.03. The van der Waals surface area contributed by atoms with Gasteiger partial charge in [0.25, 0.3) is 5.78 Å². The van der Waals surface area contributed by atoms with Crippen molar-refractivity contribution in [3.63, 3.8) is 0 Å². The van der Waals surface area contributed by atoms with Crippen molar-refractivity contribution in [1.82, 2.24) is 19.6 Å². The van der Waals surface area contributed by atoms with Gasteiger partial charge in [-0.3, -0.25) is 4.79 Å². The summed E-state index contributed by atoms with van der Waals surface area (Å²) in [5, 5.41) is 7.06. The number of ether oxygens (including phenoxy) is 1. The van der Waals surface area contributed by atoms with Crippen molar-refractivity contribution in [2.24, 2.45) is 0 Å². The summed E-state index contributed by atoms with van der Waals surface area (Å²) >= 11 is 0. The average Bonchev–Trinajstić information content (AvgIpc) is 3.00. The first-order chi connectivity index (χ1) is 13.0. The number of benzene rings is 1. The molecule has 0 atom stereocenters. The number of nitrogen functional groups attached to an aromatic ring is 1. The van der Waals surface area contributed by atoms with Crippen LogP contribution in [0, 0.1) is 13.8 Å². The molecule has 0 aliphatic rings. The summed E-state index contributed by atoms with van der Waals surface area (Å²) in [5.41, 5.74) is 8.64. The molecule has 0 bridgehead atoms. The van der Waals surface area contributed by atoms with Crippen LogP contribution in [0.1, 0.15) is 36.7 Å². The predicted octanol–water partition coefficient (Wildman–Crippen LogP) is 2.68. The van der Waals surface area contributed by atoms with Gasteiger partial charge in [0, 0.05) is 17.0 Å². The Labute approximate surface area is 157 Å². The fraction of sp³-hybridized carbons (Fsp3) is 0.368. The van der Waals surface area contributed by atoms with E-state index in [4.69, 9.17) is 10.5 Å². The Morgan fingerprint density at radius 3 is 2.81 bits per heavy atom. The minimum atomic E-state index is -0.151. The number of anilines is 2. The largest absolute Gasteiger partial charge is 0.491 e. The highest BCUT2D eigenvalue weighted by Gasteiger charge is 2.16. The third kappa shape index (κ3) is 4.16. The zero-order chi connectivity index (χ0) is 19.4. The van der Waals surface area contributed by atoms with Crippen LogP contribution in [0.15, 0.2) is 24.3 Å². The van der Waals surface area contributed by atoms with Crippen molar-refractivity contribution in [3.8, 4) is 5.75 Å². The molecule has 1 aromatic carbocycles. The summed E-state index contributed by atoms with van der Waals surface area (Å²) < 4.78 is 7.34. The van der Waals surface area contributed by atoms with Gasteiger partial charge in [0.05, 0.1) is 18.7 Å². The van der Waals surface area contributed by atoms with Crippen molar-refractivity contribution < 1.29 is 9.53 Å². The van der Waals surface area contributed by atoms with Crippen molar-refractivity contribution >= 4 is 23.3 Å². The van der Waals surface area contributed by atoms with Crippen LogP contribution in [-0.2, 0) is 11.2 Å². The van der Waals surface area contributed by atoms with Crippen molar-refractivity contribution in [2.75, 3.05) is 17.7 Å². The van der Waals surface area contributed by atoms with Crippen molar-refractivity contribution in [3.05, 3.63) is 41.2 Å². The lowest BCUT2D eigenvalue weighted by Gasteiger charge is -2.13. The average molecular weight is 368 g/mol. The van der Waals surface area contributed by atoms with E-state index >= 15 is 0 Å². The van der Waals surface area contributed by atoms with E-state index in [-0.39, 0.29) is 18.3 Å². The Bertz CT molecular complexity index is 966. The summed E-state index contributed by atoms with van der Waals surface area (Å²) in [7, 11) is 0. The normalized spacial score (nSPS) is 10.9. The molecule has 0 radical (unpaired) electrons. The molecule has 3 rings (SSSR count). The van der Waals surface area contributed by atoms with E-state index in [9.17, 15) is 4.79 Å². The number of nitrogens with one attached hydrogen (secondary N) is 1. The van der Waals surface area contributed by atoms with Crippen LogP contribution in [0.25, 0.3) is 5.78 Å². The maximum atomic E-state index is 12.6. The first-order valence-corrected chi connectivity index (χ1v) is 8.99. The van der Waals surface area contributed by atoms with Gasteiger partial charge in [-0.2, -0.15) is 9.50 Å². The predicted molar refractivity (Wildman–Crippen MR) is 104 cm³/mol. The summed E-state index contributed by atoms with van der Waals surface area (Å²) in [4.78, 5) is 21.1. The molecule has 8 heteroatoms. The quantitative estimate of drug-likeness (QED) is 0.621. The maximum absolute atomic E-state index is 12.6. The number of aromatic nitrogens is 4. The molecule has 0 aliphatic carbocycles. The number of carbonyl (C=O) groups is 1. The van der Waals surface area contributed by atoms with Gasteiger partial charge in [0.2, 0.25) is 11.9 Å². The molecular formula is C19H24N6O2. The number of amides is 1. The molecule has 0 fully saturated rings. The highest BCUT2D eigenvalue weighted by atomic mass is 16.5. The Hall–Kier alpha value is -3.16. The van der Waals surface area contributed by atoms with Gasteiger partial charge in [0.1, 0.15) is 5.75 Å². The number of nitrogens with zero attached hydrogens (tertiary/aromatic N) is 4. The molecule has 8 nitrogen and oxygen atoms in total. The summed E-state index contributed by atoms with van der Waals surface area (Å²) in [6.07, 6.45) is 2.19. The van der Waals surface area contributed by atoms with Gasteiger partial charge in [-0.15, -0.1) is 5.10 Å². The minimum Gasteiger partial charge on any atom is -0.491 e. The first kappa shape index (κ1) is 18.6. The van der Waals surface area contributed by atoms with E-state index < -0.39 is 0 Å². The number of fused-ring (bicyclic) bond motifs is 1. The van der Waals surface area contributed by atoms with Crippen LogP contribution in [0.2, 0.25) is 0 Å². The third-order valence-electron chi connectivity index (χ3n) is 4.32. The molecule has 0 unspecified atom stereocenters. The maximum Gasteiger partial charge on any atom is 0.254 e. The van der Waals surface area contributed by atoms with E-state index in [1.165, 1.54) is 0 Å². The highest BCUT2D eigenvalue weighted by molar-refractivity contribution is 5.93. The van der Waals surface area contributed by atoms with E-state index in [1.807, 2.05) is 38.1 Å². The molecule has 0 aliphatic heterocycles. The Balaban J connectivity index is 1.78. The smallest absolute Gasteiger partial charge is 0.254 e. The number of nitrogens with two attached hydrogens (primary N) is 1. The molecule has 2 heterocycles. The Kier molecular flexibility index (Phi) is 5.54. The molecule has 2 aromatic heterocycles. The van der Waals surface area contributed by atoms with Gasteiger partial charge in [0.15, 0.2) is 0 Å². The van der Waals surface area contributed by atoms with Gasteiger partial charge >= 0.3 is 0 Å². The van der Waals surface area contributed by atoms with Gasteiger partial charge in [-0.25, -0.2) is 4.98 Å². The van der Waals surface area contributed by atoms with Crippen LogP contribution in [0.5, 0.6) is 5.75 Å². The fourth-order valence-corrected chi connectivity index (χ4v) is 2.86. The van der Waals surface area contributed by atoms with Crippen LogP contribution >= 0.6 is 0 Å². The lowest BCUT2D eigenvalue weighted by molar-refractivity contribution is -0.115. The molecule has 1 amide bonds. The number of hydrogen-bond donors (Lipinski definition) is 2. The number of unbranched alkanes of at least 4 members (excludes halogenated alkanes) is 1. The summed E-state index contributed by atoms with van der Waals surface area (Å²) in [5.74, 6) is 1.11. The third-order valence-corrected chi connectivity index (χ3v) is 4.32. The van der Waals surface area contributed by atoms with Crippen LogP contribution in [0.3, 0.4) is 0 Å². The lowest BCUT2D eigenvalue weighted by atomic mass is 10.1. The molecule has 0 saturated heterocycles. The SMILES string of the molecule is CCCCOc1ccccc1NC(=O)Cc1c(C)nc2nc(N)nn2c1C. The second-order valence-corrected chi connectivity index (χ2v) is 6.37. The topological polar surface area (TPSA) is 107 Å². The lowest BCUT2D eigenvalue weighted by Crippen LogP contribution is -2.18. The molecular weight excluding hydrogens is 344 g/mol. The van der Waals surface area contributed by atoms with Crippen molar-refractivity contribution in [1.29, 1.82) is 0 Å². The molecule has 27 heavy (non-hydrogen) atoms. The number of rotatable bonds is 7. The molecule has 142 valence electrons. The Morgan fingerprint density at radius 1 is 1.26 bits per heavy atom. The molecule has 0 spiro atoms. The zero-order valence-electron chi connectivity index (χ0n) is 15.8. The number of para-hydroxylation sites is 2. The van der Waals surface area contributed by atoms with E-state index in [2.05, 4.69) is 27.3 Å². The standard InChI is InChI=1S/C19H24N6O2/c1-4-5-10-27-16-9-7-6-8-15(16)22-17(26)11-14-12(2)21-19-23-18(20)24-25(19)13(14)3/h6-9H,4-5,10-11H2,1-3H3,(H2,20,24)(H,22,26). The highest BCUT2D eigenvalue weighted by Crippen LogP contribution is 2.24. The van der Waals surface area contributed by atoms with Gasteiger partial charge in [-0.1, -0.05) is 25.5 Å². The van der Waals surface area contributed by atoms with E-state index in [1.54, 1.807) is 4.52 Å². The molecule has 3 aromatic rings. The fourth-order valence-electron chi connectivity index (χ4n) is 2.86.